The van der Waals surface area contributed by atoms with E-state index >= 15 is 0 Å². The van der Waals surface area contributed by atoms with Gasteiger partial charge in [-0.1, -0.05) is 6.07 Å². The number of alkyl halides is 2. The highest BCUT2D eigenvalue weighted by molar-refractivity contribution is 5.40. The minimum Gasteiger partial charge on any atom is -0.496 e. The van der Waals surface area contributed by atoms with Gasteiger partial charge in [0, 0.05) is 6.92 Å². The second-order valence-corrected chi connectivity index (χ2v) is 3.52. The molecular formula is C11H14F2O2. The third-order valence-corrected chi connectivity index (χ3v) is 2.18. The van der Waals surface area contributed by atoms with Crippen LogP contribution >= 0.6 is 0 Å². The van der Waals surface area contributed by atoms with Crippen molar-refractivity contribution in [1.82, 2.24) is 0 Å². The van der Waals surface area contributed by atoms with E-state index in [0.29, 0.717) is 5.56 Å². The molecule has 0 spiro atoms. The fraction of sp³-hybridized carbons (Fsp3) is 0.455. The maximum atomic E-state index is 13.2. The molecule has 1 aromatic rings. The molecule has 15 heavy (non-hydrogen) atoms. The molecule has 0 fully saturated rings. The van der Waals surface area contributed by atoms with Crippen LogP contribution < -0.4 is 4.74 Å². The number of aliphatic hydroxyl groups is 1. The molecule has 0 amide bonds. The molecule has 0 aliphatic carbocycles. The van der Waals surface area contributed by atoms with Gasteiger partial charge in [0.05, 0.1) is 18.8 Å². The Morgan fingerprint density at radius 2 is 2.00 bits per heavy atom. The van der Waals surface area contributed by atoms with Crippen molar-refractivity contribution in [3.63, 3.8) is 0 Å². The number of hydrogen-bond acceptors (Lipinski definition) is 2. The van der Waals surface area contributed by atoms with E-state index in [1.807, 2.05) is 0 Å². The predicted octanol–water partition coefficient (Wildman–Crippen LogP) is 2.86. The van der Waals surface area contributed by atoms with E-state index in [9.17, 15) is 13.9 Å². The molecule has 0 saturated heterocycles. The number of hydrogen-bond donors (Lipinski definition) is 1. The van der Waals surface area contributed by atoms with Crippen molar-refractivity contribution in [3.05, 3.63) is 29.3 Å². The molecule has 1 atom stereocenters. The van der Waals surface area contributed by atoms with Crippen LogP contribution in [0.3, 0.4) is 0 Å². The Morgan fingerprint density at radius 3 is 2.40 bits per heavy atom. The summed E-state index contributed by atoms with van der Waals surface area (Å²) in [5.41, 5.74) is 0.246. The molecule has 1 aromatic carbocycles. The van der Waals surface area contributed by atoms with Crippen molar-refractivity contribution in [2.75, 3.05) is 7.11 Å². The Bertz CT molecular complexity index is 343. The van der Waals surface area contributed by atoms with Crippen LogP contribution in [0.2, 0.25) is 0 Å². The average Bonchev–Trinajstić information content (AvgIpc) is 2.15. The van der Waals surface area contributed by atoms with E-state index < -0.39 is 12.0 Å². The molecule has 1 rings (SSSR count). The highest BCUT2D eigenvalue weighted by Gasteiger charge is 2.29. The Hall–Kier alpha value is -1.16. The smallest absolute Gasteiger partial charge is 0.274 e. The molecular weight excluding hydrogens is 202 g/mol. The molecule has 0 aromatic heterocycles. The van der Waals surface area contributed by atoms with Gasteiger partial charge in [-0.2, -0.15) is 0 Å². The van der Waals surface area contributed by atoms with Gasteiger partial charge in [-0.3, -0.25) is 0 Å². The van der Waals surface area contributed by atoms with E-state index in [-0.39, 0.29) is 11.3 Å². The van der Waals surface area contributed by atoms with Gasteiger partial charge < -0.3 is 9.84 Å². The number of ether oxygens (including phenoxy) is 1. The summed E-state index contributed by atoms with van der Waals surface area (Å²) in [5, 5.41) is 9.29. The van der Waals surface area contributed by atoms with Crippen LogP contribution in [-0.2, 0) is 5.92 Å². The van der Waals surface area contributed by atoms with Gasteiger partial charge in [-0.25, -0.2) is 8.78 Å². The summed E-state index contributed by atoms with van der Waals surface area (Å²) < 4.78 is 31.2. The van der Waals surface area contributed by atoms with Crippen molar-refractivity contribution < 1.29 is 18.6 Å². The highest BCUT2D eigenvalue weighted by atomic mass is 19.3. The standard InChI is InChI=1S/C11H14F2O2/c1-7(14)8-4-5-10(15-3)9(6-8)11(2,12)13/h4-7,14H,1-3H3. The zero-order valence-electron chi connectivity index (χ0n) is 8.92. The summed E-state index contributed by atoms with van der Waals surface area (Å²) in [4.78, 5) is 0. The van der Waals surface area contributed by atoms with E-state index in [1.165, 1.54) is 26.2 Å². The Labute approximate surface area is 87.5 Å². The second-order valence-electron chi connectivity index (χ2n) is 3.52. The zero-order valence-corrected chi connectivity index (χ0v) is 8.92. The van der Waals surface area contributed by atoms with Crippen LogP contribution in [0.15, 0.2) is 18.2 Å². The largest absolute Gasteiger partial charge is 0.496 e. The lowest BCUT2D eigenvalue weighted by Crippen LogP contribution is -2.10. The third kappa shape index (κ3) is 2.65. The number of aliphatic hydroxyl groups excluding tert-OH is 1. The molecule has 2 nitrogen and oxygen atoms in total. The lowest BCUT2D eigenvalue weighted by atomic mass is 10.0. The van der Waals surface area contributed by atoms with Crippen molar-refractivity contribution in [1.29, 1.82) is 0 Å². The third-order valence-electron chi connectivity index (χ3n) is 2.18. The van der Waals surface area contributed by atoms with Crippen LogP contribution in [0, 0.1) is 0 Å². The SMILES string of the molecule is COc1ccc(C(C)O)cc1C(C)(F)F. The Balaban J connectivity index is 3.26. The molecule has 1 N–H and O–H groups in total. The molecule has 1 unspecified atom stereocenters. The van der Waals surface area contributed by atoms with Gasteiger partial charge in [0.2, 0.25) is 0 Å². The van der Waals surface area contributed by atoms with Crippen molar-refractivity contribution >= 4 is 0 Å². The van der Waals surface area contributed by atoms with Gasteiger partial charge in [-0.05, 0) is 24.6 Å². The maximum absolute atomic E-state index is 13.2. The minimum absolute atomic E-state index is 0.131. The van der Waals surface area contributed by atoms with Gasteiger partial charge in [0.15, 0.2) is 0 Å². The van der Waals surface area contributed by atoms with Crippen LogP contribution in [0.5, 0.6) is 5.75 Å². The maximum Gasteiger partial charge on any atom is 0.274 e. The zero-order chi connectivity index (χ0) is 11.6. The molecule has 0 heterocycles. The highest BCUT2D eigenvalue weighted by Crippen LogP contribution is 2.35. The second kappa shape index (κ2) is 4.14. The lowest BCUT2D eigenvalue weighted by molar-refractivity contribution is 0.0148. The summed E-state index contributed by atoms with van der Waals surface area (Å²) in [5.74, 6) is -2.84. The first-order chi connectivity index (χ1) is 6.86. The summed E-state index contributed by atoms with van der Waals surface area (Å²) in [7, 11) is 1.34. The molecule has 0 radical (unpaired) electrons. The van der Waals surface area contributed by atoms with Crippen LogP contribution in [0.4, 0.5) is 8.78 Å². The van der Waals surface area contributed by atoms with E-state index in [4.69, 9.17) is 4.74 Å². The van der Waals surface area contributed by atoms with E-state index in [0.717, 1.165) is 6.92 Å². The van der Waals surface area contributed by atoms with Crippen LogP contribution in [-0.4, -0.2) is 12.2 Å². The molecule has 0 bridgehead atoms. The first kappa shape index (κ1) is 11.9. The summed E-state index contributed by atoms with van der Waals surface area (Å²) in [6.45, 7) is 2.33. The number of rotatable bonds is 3. The molecule has 0 aliphatic rings. The van der Waals surface area contributed by atoms with Gasteiger partial charge in [0.25, 0.3) is 5.92 Å². The average molecular weight is 216 g/mol. The summed E-state index contributed by atoms with van der Waals surface area (Å²) in [6.07, 6.45) is -0.767. The Kier molecular flexibility index (Phi) is 3.29. The molecule has 0 saturated carbocycles. The number of benzene rings is 1. The monoisotopic (exact) mass is 216 g/mol. The normalized spacial score (nSPS) is 13.7. The summed E-state index contributed by atoms with van der Waals surface area (Å²) in [6, 6.07) is 4.27. The van der Waals surface area contributed by atoms with Crippen LogP contribution in [0.25, 0.3) is 0 Å². The van der Waals surface area contributed by atoms with E-state index in [1.54, 1.807) is 6.07 Å². The topological polar surface area (TPSA) is 29.5 Å². The quantitative estimate of drug-likeness (QED) is 0.841. The number of methoxy groups -OCH3 is 1. The van der Waals surface area contributed by atoms with Crippen LogP contribution in [0.1, 0.15) is 31.1 Å². The van der Waals surface area contributed by atoms with Gasteiger partial charge in [0.1, 0.15) is 5.75 Å². The first-order valence-corrected chi connectivity index (χ1v) is 4.60. The number of halogens is 2. The Morgan fingerprint density at radius 1 is 1.40 bits per heavy atom. The molecule has 0 aliphatic heterocycles. The van der Waals surface area contributed by atoms with Gasteiger partial charge >= 0.3 is 0 Å². The molecule has 4 heteroatoms. The fourth-order valence-corrected chi connectivity index (χ4v) is 1.33. The van der Waals surface area contributed by atoms with Crippen molar-refractivity contribution in [2.45, 2.75) is 25.9 Å². The van der Waals surface area contributed by atoms with Crippen molar-refractivity contribution in [3.8, 4) is 5.75 Å². The first-order valence-electron chi connectivity index (χ1n) is 4.60. The lowest BCUT2D eigenvalue weighted by Gasteiger charge is -2.17. The minimum atomic E-state index is -2.98. The van der Waals surface area contributed by atoms with Crippen molar-refractivity contribution in [2.24, 2.45) is 0 Å². The fourth-order valence-electron chi connectivity index (χ4n) is 1.33. The van der Waals surface area contributed by atoms with Gasteiger partial charge in [-0.15, -0.1) is 0 Å². The predicted molar refractivity (Wildman–Crippen MR) is 53.2 cm³/mol. The van der Waals surface area contributed by atoms with E-state index in [2.05, 4.69) is 0 Å². The molecule has 84 valence electrons. The summed E-state index contributed by atoms with van der Waals surface area (Å²) >= 11 is 0.